The van der Waals surface area contributed by atoms with Crippen LogP contribution in [-0.4, -0.2) is 30.8 Å². The van der Waals surface area contributed by atoms with Gasteiger partial charge in [-0.3, -0.25) is 9.59 Å². The van der Waals surface area contributed by atoms with Crippen molar-refractivity contribution in [2.75, 3.05) is 13.1 Å². The molecule has 0 spiro atoms. The Labute approximate surface area is 111 Å². The average Bonchev–Trinajstić information content (AvgIpc) is 2.39. The number of benzene rings is 1. The quantitative estimate of drug-likeness (QED) is 0.814. The molecule has 1 saturated heterocycles. The molecule has 0 saturated carbocycles. The van der Waals surface area contributed by atoms with E-state index in [1.54, 1.807) is 0 Å². The topological polar surface area (TPSA) is 58.2 Å². The summed E-state index contributed by atoms with van der Waals surface area (Å²) in [5.74, 6) is -1.28. The van der Waals surface area contributed by atoms with Crippen LogP contribution in [0, 0.1) is 5.82 Å². The number of hydrogen-bond donors (Lipinski definition) is 2. The average molecular weight is 264 g/mol. The largest absolute Gasteiger partial charge is 0.349 e. The van der Waals surface area contributed by atoms with E-state index in [1.165, 1.54) is 19.1 Å². The zero-order chi connectivity index (χ0) is 13.8. The Morgan fingerprint density at radius 1 is 1.32 bits per heavy atom. The van der Waals surface area contributed by atoms with Gasteiger partial charge in [0.1, 0.15) is 5.82 Å². The Morgan fingerprint density at radius 2 is 2.00 bits per heavy atom. The van der Waals surface area contributed by atoms with Gasteiger partial charge in [-0.1, -0.05) is 0 Å². The molecule has 0 unspecified atom stereocenters. The Bertz CT molecular complexity index is 496. The van der Waals surface area contributed by atoms with Crippen LogP contribution in [0.25, 0.3) is 0 Å². The molecule has 1 aromatic carbocycles. The van der Waals surface area contributed by atoms with Gasteiger partial charge >= 0.3 is 0 Å². The summed E-state index contributed by atoms with van der Waals surface area (Å²) < 4.78 is 13.6. The molecule has 1 aliphatic heterocycles. The fourth-order valence-electron chi connectivity index (χ4n) is 2.18. The van der Waals surface area contributed by atoms with Crippen LogP contribution in [0.4, 0.5) is 4.39 Å². The van der Waals surface area contributed by atoms with Crippen LogP contribution in [0.5, 0.6) is 0 Å². The molecule has 1 fully saturated rings. The summed E-state index contributed by atoms with van der Waals surface area (Å²) in [6.45, 7) is 3.05. The number of piperidine rings is 1. The number of carbonyl (C=O) groups is 2. The summed E-state index contributed by atoms with van der Waals surface area (Å²) >= 11 is 0. The summed E-state index contributed by atoms with van der Waals surface area (Å²) in [7, 11) is 0. The Balaban J connectivity index is 2.06. The van der Waals surface area contributed by atoms with Crippen LogP contribution in [0.3, 0.4) is 0 Å². The number of halogens is 1. The fraction of sp³-hybridized carbons (Fsp3) is 0.429. The molecular weight excluding hydrogens is 247 g/mol. The molecule has 0 bridgehead atoms. The molecule has 1 aliphatic rings. The molecule has 0 radical (unpaired) electrons. The zero-order valence-corrected chi connectivity index (χ0v) is 10.8. The first kappa shape index (κ1) is 13.7. The van der Waals surface area contributed by atoms with E-state index in [0.29, 0.717) is 0 Å². The fourth-order valence-corrected chi connectivity index (χ4v) is 2.18. The molecule has 1 aromatic rings. The molecular formula is C14H17FN2O2. The van der Waals surface area contributed by atoms with Gasteiger partial charge in [-0.05, 0) is 51.1 Å². The minimum atomic E-state index is -0.648. The summed E-state index contributed by atoms with van der Waals surface area (Å²) in [6.07, 6.45) is 1.75. The standard InChI is InChI=1S/C14H17FN2O2/c1-9(18)12-3-2-10(8-13(12)15)14(19)17-11-4-6-16-7-5-11/h2-3,8,11,16H,4-7H2,1H3,(H,17,19). The van der Waals surface area contributed by atoms with Gasteiger partial charge in [0, 0.05) is 11.6 Å². The predicted molar refractivity (Wildman–Crippen MR) is 69.8 cm³/mol. The minimum Gasteiger partial charge on any atom is -0.349 e. The highest BCUT2D eigenvalue weighted by Crippen LogP contribution is 2.12. The van der Waals surface area contributed by atoms with Gasteiger partial charge in [0.25, 0.3) is 5.91 Å². The van der Waals surface area contributed by atoms with Crippen molar-refractivity contribution >= 4 is 11.7 Å². The molecule has 0 aromatic heterocycles. The van der Waals surface area contributed by atoms with E-state index in [-0.39, 0.29) is 28.9 Å². The number of Topliss-reactive ketones (excluding diaryl/α,β-unsaturated/α-hetero) is 1. The lowest BCUT2D eigenvalue weighted by molar-refractivity contribution is 0.0927. The highest BCUT2D eigenvalue weighted by molar-refractivity contribution is 5.98. The maximum absolute atomic E-state index is 13.6. The van der Waals surface area contributed by atoms with Gasteiger partial charge in [0.15, 0.2) is 5.78 Å². The van der Waals surface area contributed by atoms with E-state index in [9.17, 15) is 14.0 Å². The maximum atomic E-state index is 13.6. The first-order valence-electron chi connectivity index (χ1n) is 6.40. The van der Waals surface area contributed by atoms with Gasteiger partial charge in [-0.2, -0.15) is 0 Å². The van der Waals surface area contributed by atoms with Crippen LogP contribution < -0.4 is 10.6 Å². The molecule has 2 rings (SSSR count). The smallest absolute Gasteiger partial charge is 0.251 e. The van der Waals surface area contributed by atoms with E-state index >= 15 is 0 Å². The molecule has 0 atom stereocenters. The summed E-state index contributed by atoms with van der Waals surface area (Å²) in [4.78, 5) is 23.1. The van der Waals surface area contributed by atoms with Gasteiger partial charge < -0.3 is 10.6 Å². The van der Waals surface area contributed by atoms with Crippen molar-refractivity contribution in [2.24, 2.45) is 0 Å². The Kier molecular flexibility index (Phi) is 4.27. The number of rotatable bonds is 3. The van der Waals surface area contributed by atoms with Crippen LogP contribution in [0.1, 0.15) is 40.5 Å². The second kappa shape index (κ2) is 5.93. The van der Waals surface area contributed by atoms with Crippen molar-refractivity contribution in [3.8, 4) is 0 Å². The molecule has 5 heteroatoms. The number of ketones is 1. The molecule has 2 N–H and O–H groups in total. The van der Waals surface area contributed by atoms with Crippen molar-refractivity contribution in [1.82, 2.24) is 10.6 Å². The Hall–Kier alpha value is -1.75. The second-order valence-corrected chi connectivity index (χ2v) is 4.75. The highest BCUT2D eigenvalue weighted by Gasteiger charge is 2.17. The molecule has 1 amide bonds. The Morgan fingerprint density at radius 3 is 2.58 bits per heavy atom. The third-order valence-corrected chi connectivity index (χ3v) is 3.28. The molecule has 4 nitrogen and oxygen atoms in total. The zero-order valence-electron chi connectivity index (χ0n) is 10.8. The molecule has 19 heavy (non-hydrogen) atoms. The third-order valence-electron chi connectivity index (χ3n) is 3.28. The number of carbonyl (C=O) groups excluding carboxylic acids is 2. The molecule has 1 heterocycles. The van der Waals surface area contributed by atoms with Crippen molar-refractivity contribution in [3.63, 3.8) is 0 Å². The van der Waals surface area contributed by atoms with Crippen molar-refractivity contribution in [2.45, 2.75) is 25.8 Å². The number of hydrogen-bond acceptors (Lipinski definition) is 3. The first-order chi connectivity index (χ1) is 9.08. The highest BCUT2D eigenvalue weighted by atomic mass is 19.1. The number of nitrogens with one attached hydrogen (secondary N) is 2. The molecule has 0 aliphatic carbocycles. The van der Waals surface area contributed by atoms with Crippen molar-refractivity contribution in [1.29, 1.82) is 0 Å². The lowest BCUT2D eigenvalue weighted by Crippen LogP contribution is -2.42. The normalized spacial score (nSPS) is 16.1. The summed E-state index contributed by atoms with van der Waals surface area (Å²) in [5.41, 5.74) is 0.263. The first-order valence-corrected chi connectivity index (χ1v) is 6.40. The van der Waals surface area contributed by atoms with Gasteiger partial charge in [0.2, 0.25) is 0 Å². The van der Waals surface area contributed by atoms with E-state index in [0.717, 1.165) is 32.0 Å². The molecule has 102 valence electrons. The monoisotopic (exact) mass is 264 g/mol. The van der Waals surface area contributed by atoms with Crippen LogP contribution in [-0.2, 0) is 0 Å². The van der Waals surface area contributed by atoms with E-state index in [2.05, 4.69) is 10.6 Å². The summed E-state index contributed by atoms with van der Waals surface area (Å²) in [6, 6.07) is 4.09. The van der Waals surface area contributed by atoms with E-state index in [1.807, 2.05) is 0 Å². The SMILES string of the molecule is CC(=O)c1ccc(C(=O)NC2CCNCC2)cc1F. The third kappa shape index (κ3) is 3.38. The second-order valence-electron chi connectivity index (χ2n) is 4.75. The van der Waals surface area contributed by atoms with E-state index < -0.39 is 5.82 Å². The van der Waals surface area contributed by atoms with Crippen LogP contribution >= 0.6 is 0 Å². The predicted octanol–water partition coefficient (Wildman–Crippen LogP) is 1.51. The van der Waals surface area contributed by atoms with Crippen molar-refractivity contribution in [3.05, 3.63) is 35.1 Å². The van der Waals surface area contributed by atoms with Gasteiger partial charge in [0.05, 0.1) is 5.56 Å². The van der Waals surface area contributed by atoms with Gasteiger partial charge in [-0.15, -0.1) is 0 Å². The van der Waals surface area contributed by atoms with Crippen LogP contribution in [0.15, 0.2) is 18.2 Å². The van der Waals surface area contributed by atoms with E-state index in [4.69, 9.17) is 0 Å². The van der Waals surface area contributed by atoms with Crippen molar-refractivity contribution < 1.29 is 14.0 Å². The lowest BCUT2D eigenvalue weighted by Gasteiger charge is -2.23. The minimum absolute atomic E-state index is 0.0124. The summed E-state index contributed by atoms with van der Waals surface area (Å²) in [5, 5.41) is 6.09. The lowest BCUT2D eigenvalue weighted by atomic mass is 10.0. The maximum Gasteiger partial charge on any atom is 0.251 e. The van der Waals surface area contributed by atoms with Crippen LogP contribution in [0.2, 0.25) is 0 Å². The van der Waals surface area contributed by atoms with Gasteiger partial charge in [-0.25, -0.2) is 4.39 Å². The number of amides is 1.